The van der Waals surface area contributed by atoms with Gasteiger partial charge in [0, 0.05) is 12.8 Å². The molecule has 2 unspecified atom stereocenters. The summed E-state index contributed by atoms with van der Waals surface area (Å²) in [6, 6.07) is 10.2. The van der Waals surface area contributed by atoms with Gasteiger partial charge >= 0.3 is 0 Å². The monoisotopic (exact) mass is 354 g/mol. The van der Waals surface area contributed by atoms with E-state index in [1.54, 1.807) is 18.8 Å². The molecule has 1 aromatic carbocycles. The molecular weight excluding hydrogens is 328 g/mol. The fourth-order valence-electron chi connectivity index (χ4n) is 2.16. The molecule has 0 fully saturated rings. The van der Waals surface area contributed by atoms with Crippen molar-refractivity contribution in [3.63, 3.8) is 0 Å². The Labute approximate surface area is 147 Å². The second-order valence-corrected chi connectivity index (χ2v) is 9.32. The molecule has 6 heteroatoms. The highest BCUT2D eigenvalue weighted by Crippen LogP contribution is 2.36. The Kier molecular flexibility index (Phi) is 7.99. The van der Waals surface area contributed by atoms with Crippen molar-refractivity contribution in [2.24, 2.45) is 16.5 Å². The molecule has 0 aliphatic heterocycles. The number of oxime groups is 1. The van der Waals surface area contributed by atoms with Gasteiger partial charge in [-0.05, 0) is 17.9 Å². The van der Waals surface area contributed by atoms with Crippen LogP contribution in [0.1, 0.15) is 33.3 Å². The zero-order valence-corrected chi connectivity index (χ0v) is 16.0. The van der Waals surface area contributed by atoms with Crippen molar-refractivity contribution in [2.75, 3.05) is 7.05 Å². The summed E-state index contributed by atoms with van der Waals surface area (Å²) in [6.45, 7) is 7.98. The highest BCUT2D eigenvalue weighted by atomic mass is 32.2. The first kappa shape index (κ1) is 19.9. The highest BCUT2D eigenvalue weighted by Gasteiger charge is 2.36. The van der Waals surface area contributed by atoms with Crippen LogP contribution in [0, 0.1) is 11.3 Å². The smallest absolute Gasteiger partial charge is 0.230 e. The van der Waals surface area contributed by atoms with Crippen molar-refractivity contribution in [3.8, 4) is 0 Å². The molecule has 0 aliphatic carbocycles. The highest BCUT2D eigenvalue weighted by molar-refractivity contribution is 8.24. The molecule has 0 bridgehead atoms. The van der Waals surface area contributed by atoms with E-state index in [9.17, 15) is 10.0 Å². The predicted octanol–water partition coefficient (Wildman–Crippen LogP) is 4.20. The van der Waals surface area contributed by atoms with Gasteiger partial charge in [0.15, 0.2) is 0 Å². The number of nitrogens with zero attached hydrogens (tertiary/aromatic N) is 1. The van der Waals surface area contributed by atoms with Crippen molar-refractivity contribution in [2.45, 2.75) is 38.0 Å². The first-order valence-corrected chi connectivity index (χ1v) is 9.48. The molecule has 128 valence electrons. The van der Waals surface area contributed by atoms with E-state index in [0.717, 1.165) is 5.75 Å². The normalized spacial score (nSPS) is 15.1. The topological polar surface area (TPSA) is 61.7 Å². The zero-order valence-electron chi connectivity index (χ0n) is 14.4. The van der Waals surface area contributed by atoms with Crippen molar-refractivity contribution in [1.29, 1.82) is 0 Å². The van der Waals surface area contributed by atoms with Gasteiger partial charge in [-0.2, -0.15) is 0 Å². The molecule has 0 aliphatic rings. The summed E-state index contributed by atoms with van der Waals surface area (Å²) in [6.07, 6.45) is 0. The molecule has 2 N–H and O–H groups in total. The summed E-state index contributed by atoms with van der Waals surface area (Å²) in [5, 5.41) is 16.0. The number of amides is 1. The van der Waals surface area contributed by atoms with Crippen LogP contribution in [0.3, 0.4) is 0 Å². The summed E-state index contributed by atoms with van der Waals surface area (Å²) in [5.41, 5.74) is 0.935. The standard InChI is InChI=1S/C17H26N2O2S2/c1-12(22-11-13-9-7-6-8-10-13)23-16(19-21)14(15(20)18-5)17(2,3)4/h6-10,12,14,21H,11H2,1-5H3,(H,18,20)/b19-16-. The second kappa shape index (κ2) is 9.23. The lowest BCUT2D eigenvalue weighted by Gasteiger charge is -2.30. The van der Waals surface area contributed by atoms with Gasteiger partial charge in [0.05, 0.1) is 10.5 Å². The Bertz CT molecular complexity index is 527. The van der Waals surface area contributed by atoms with Gasteiger partial charge in [-0.15, -0.1) is 11.8 Å². The zero-order chi connectivity index (χ0) is 17.5. The summed E-state index contributed by atoms with van der Waals surface area (Å²) in [5.74, 6) is 0.286. The molecule has 2 atom stereocenters. The Morgan fingerprint density at radius 1 is 1.30 bits per heavy atom. The van der Waals surface area contributed by atoms with E-state index in [1.165, 1.54) is 17.3 Å². The van der Waals surface area contributed by atoms with Crippen molar-refractivity contribution in [1.82, 2.24) is 5.32 Å². The van der Waals surface area contributed by atoms with Gasteiger partial charge in [0.1, 0.15) is 5.04 Å². The lowest BCUT2D eigenvalue weighted by molar-refractivity contribution is -0.124. The second-order valence-electron chi connectivity index (χ2n) is 6.33. The van der Waals surface area contributed by atoms with Crippen LogP contribution < -0.4 is 5.32 Å². The number of benzene rings is 1. The molecule has 0 aromatic heterocycles. The van der Waals surface area contributed by atoms with Crippen LogP contribution in [0.4, 0.5) is 0 Å². The van der Waals surface area contributed by atoms with E-state index >= 15 is 0 Å². The van der Waals surface area contributed by atoms with Crippen LogP contribution in [-0.4, -0.2) is 27.8 Å². The fraction of sp³-hybridized carbons (Fsp3) is 0.529. The number of hydrogen-bond donors (Lipinski definition) is 2. The van der Waals surface area contributed by atoms with Gasteiger partial charge in [0.25, 0.3) is 0 Å². The van der Waals surface area contributed by atoms with Crippen molar-refractivity contribution < 1.29 is 10.0 Å². The third-order valence-corrected chi connectivity index (χ3v) is 5.89. The van der Waals surface area contributed by atoms with Crippen LogP contribution in [0.25, 0.3) is 0 Å². The molecule has 0 saturated carbocycles. The number of hydrogen-bond acceptors (Lipinski definition) is 5. The SMILES string of the molecule is CNC(=O)C(/C(=N/O)SC(C)SCc1ccccc1)C(C)(C)C. The van der Waals surface area contributed by atoms with Crippen LogP contribution in [0.15, 0.2) is 35.5 Å². The Balaban J connectivity index is 2.72. The lowest BCUT2D eigenvalue weighted by atomic mass is 9.80. The summed E-state index contributed by atoms with van der Waals surface area (Å²) < 4.78 is 0.176. The van der Waals surface area contributed by atoms with Crippen LogP contribution in [0.5, 0.6) is 0 Å². The number of thioether (sulfide) groups is 2. The predicted molar refractivity (Wildman–Crippen MR) is 101 cm³/mol. The van der Waals surface area contributed by atoms with E-state index in [0.29, 0.717) is 5.04 Å². The minimum absolute atomic E-state index is 0.127. The lowest BCUT2D eigenvalue weighted by Crippen LogP contribution is -2.40. The molecule has 23 heavy (non-hydrogen) atoms. The van der Waals surface area contributed by atoms with E-state index in [2.05, 4.69) is 29.5 Å². The van der Waals surface area contributed by atoms with Crippen LogP contribution in [-0.2, 0) is 10.5 Å². The Morgan fingerprint density at radius 2 is 1.91 bits per heavy atom. The average Bonchev–Trinajstić information content (AvgIpc) is 2.51. The maximum atomic E-state index is 12.2. The van der Waals surface area contributed by atoms with Gasteiger partial charge < -0.3 is 10.5 Å². The third-order valence-electron chi connectivity index (χ3n) is 3.33. The van der Waals surface area contributed by atoms with E-state index in [4.69, 9.17) is 0 Å². The molecule has 0 radical (unpaired) electrons. The molecule has 4 nitrogen and oxygen atoms in total. The molecule has 1 rings (SSSR count). The van der Waals surface area contributed by atoms with Gasteiger partial charge in [0.2, 0.25) is 5.91 Å². The summed E-state index contributed by atoms with van der Waals surface area (Å²) in [7, 11) is 1.61. The number of rotatable bonds is 6. The van der Waals surface area contributed by atoms with E-state index in [-0.39, 0.29) is 15.9 Å². The van der Waals surface area contributed by atoms with E-state index in [1.807, 2.05) is 39.0 Å². The fourth-order valence-corrected chi connectivity index (χ4v) is 4.54. The van der Waals surface area contributed by atoms with Crippen LogP contribution in [0.2, 0.25) is 0 Å². The minimum atomic E-state index is -0.470. The Morgan fingerprint density at radius 3 is 2.39 bits per heavy atom. The van der Waals surface area contributed by atoms with Gasteiger partial charge in [-0.25, -0.2) is 0 Å². The number of nitrogens with one attached hydrogen (secondary N) is 1. The molecule has 1 aromatic rings. The largest absolute Gasteiger partial charge is 0.410 e. The first-order valence-electron chi connectivity index (χ1n) is 7.55. The number of carbonyl (C=O) groups is 1. The third kappa shape index (κ3) is 6.47. The molecular formula is C17H26N2O2S2. The summed E-state index contributed by atoms with van der Waals surface area (Å²) in [4.78, 5) is 12.2. The quantitative estimate of drug-likeness (QED) is 0.264. The first-order chi connectivity index (χ1) is 10.8. The minimum Gasteiger partial charge on any atom is -0.410 e. The summed E-state index contributed by atoms with van der Waals surface area (Å²) >= 11 is 3.20. The molecule has 1 amide bonds. The molecule has 0 saturated heterocycles. The average molecular weight is 355 g/mol. The molecule has 0 heterocycles. The maximum absolute atomic E-state index is 12.2. The Hall–Kier alpha value is -1.14. The van der Waals surface area contributed by atoms with Crippen LogP contribution >= 0.6 is 23.5 Å². The van der Waals surface area contributed by atoms with Gasteiger partial charge in [-0.3, -0.25) is 4.79 Å². The van der Waals surface area contributed by atoms with Crippen molar-refractivity contribution in [3.05, 3.63) is 35.9 Å². The van der Waals surface area contributed by atoms with E-state index < -0.39 is 5.92 Å². The van der Waals surface area contributed by atoms with Crippen molar-refractivity contribution >= 4 is 34.5 Å². The number of carbonyl (C=O) groups excluding carboxylic acids is 1. The maximum Gasteiger partial charge on any atom is 0.230 e. The molecule has 0 spiro atoms. The van der Waals surface area contributed by atoms with Gasteiger partial charge in [-0.1, -0.05) is 68.0 Å².